The summed E-state index contributed by atoms with van der Waals surface area (Å²) in [5, 5.41) is 1.20. The number of hydrogen-bond acceptors (Lipinski definition) is 2. The van der Waals surface area contributed by atoms with E-state index in [1.165, 1.54) is 22.2 Å². The molecule has 1 aliphatic rings. The number of rotatable bonds is 3. The number of ether oxygens (including phenoxy) is 1. The first kappa shape index (κ1) is 19.1. The lowest BCUT2D eigenvalue weighted by atomic mass is 10.0. The summed E-state index contributed by atoms with van der Waals surface area (Å²) in [6.45, 7) is 1.53. The molecule has 162 valence electrons. The highest BCUT2D eigenvalue weighted by Gasteiger charge is 2.25. The Labute approximate surface area is 197 Å². The van der Waals surface area contributed by atoms with E-state index in [1.54, 1.807) is 0 Å². The average molecular weight is 441 g/mol. The normalized spacial score (nSPS) is 12.7. The van der Waals surface area contributed by atoms with Crippen molar-refractivity contribution in [2.45, 2.75) is 6.54 Å². The molecule has 0 fully saturated rings. The molecule has 0 amide bonds. The predicted molar refractivity (Wildman–Crippen MR) is 135 cm³/mol. The van der Waals surface area contributed by atoms with Crippen LogP contribution in [0.5, 0.6) is 5.75 Å². The van der Waals surface area contributed by atoms with Crippen molar-refractivity contribution in [2.75, 3.05) is 6.61 Å². The second kappa shape index (κ2) is 7.56. The van der Waals surface area contributed by atoms with Gasteiger partial charge in [-0.05, 0) is 54.6 Å². The molecule has 0 bridgehead atoms. The molecule has 2 aromatic heterocycles. The lowest BCUT2D eigenvalue weighted by Crippen LogP contribution is -2.42. The number of fused-ring (bicyclic) bond motifs is 1. The summed E-state index contributed by atoms with van der Waals surface area (Å²) in [7, 11) is 0. The van der Waals surface area contributed by atoms with Gasteiger partial charge in [-0.25, -0.2) is 4.98 Å². The van der Waals surface area contributed by atoms with Gasteiger partial charge >= 0.3 is 0 Å². The van der Waals surface area contributed by atoms with Gasteiger partial charge in [-0.1, -0.05) is 48.5 Å². The summed E-state index contributed by atoms with van der Waals surface area (Å²) in [5.74, 6) is 1.90. The maximum Gasteiger partial charge on any atom is 0.255 e. The van der Waals surface area contributed by atoms with E-state index < -0.39 is 0 Å². The molecule has 0 atom stereocenters. The third-order valence-electron chi connectivity index (χ3n) is 6.60. The van der Waals surface area contributed by atoms with Crippen LogP contribution in [0, 0.1) is 0 Å². The summed E-state index contributed by atoms with van der Waals surface area (Å²) in [5.41, 5.74) is 7.85. The molecule has 7 rings (SSSR count). The molecular weight excluding hydrogens is 418 g/mol. The largest absolute Gasteiger partial charge is 0.480 e. The maximum atomic E-state index is 5.92. The van der Waals surface area contributed by atoms with Crippen LogP contribution in [0.1, 0.15) is 0 Å². The molecule has 0 spiro atoms. The van der Waals surface area contributed by atoms with Crippen LogP contribution in [0.15, 0.2) is 109 Å². The van der Waals surface area contributed by atoms with Crippen molar-refractivity contribution in [3.63, 3.8) is 0 Å². The Morgan fingerprint density at radius 2 is 1.50 bits per heavy atom. The quantitative estimate of drug-likeness (QED) is 0.307. The highest BCUT2D eigenvalue weighted by Crippen LogP contribution is 2.31. The van der Waals surface area contributed by atoms with Gasteiger partial charge in [0.2, 0.25) is 5.69 Å². The molecule has 0 unspecified atom stereocenters. The summed E-state index contributed by atoms with van der Waals surface area (Å²) < 4.78 is 10.5. The molecule has 0 saturated carbocycles. The van der Waals surface area contributed by atoms with Gasteiger partial charge in [-0.15, -0.1) is 0 Å². The fraction of sp³-hybridized carbons (Fsp3) is 0.0667. The van der Waals surface area contributed by atoms with E-state index in [0.29, 0.717) is 6.61 Å². The molecular formula is C30H22N3O+. The number of aromatic nitrogens is 3. The number of pyridine rings is 1. The Bertz CT molecular complexity index is 1670. The summed E-state index contributed by atoms with van der Waals surface area (Å²) in [4.78, 5) is 5.00. The lowest BCUT2D eigenvalue weighted by Gasteiger charge is -2.16. The number of nitrogens with zero attached hydrogens (tertiary/aromatic N) is 3. The molecule has 4 aromatic carbocycles. The first-order valence-corrected chi connectivity index (χ1v) is 11.6. The number of imidazole rings is 1. The first-order chi connectivity index (χ1) is 16.9. The van der Waals surface area contributed by atoms with Crippen molar-refractivity contribution in [1.82, 2.24) is 9.55 Å². The van der Waals surface area contributed by atoms with Gasteiger partial charge in [0.05, 0.1) is 16.4 Å². The van der Waals surface area contributed by atoms with E-state index in [2.05, 4.69) is 106 Å². The van der Waals surface area contributed by atoms with Gasteiger partial charge in [0, 0.05) is 22.9 Å². The van der Waals surface area contributed by atoms with E-state index >= 15 is 0 Å². The minimum atomic E-state index is 0.687. The van der Waals surface area contributed by atoms with Gasteiger partial charge in [0.15, 0.2) is 12.3 Å². The maximum absolute atomic E-state index is 5.92. The van der Waals surface area contributed by atoms with Crippen molar-refractivity contribution in [2.24, 2.45) is 0 Å². The molecule has 0 aliphatic carbocycles. The Hall–Kier alpha value is -4.44. The minimum Gasteiger partial charge on any atom is -0.480 e. The number of hydrogen-bond donors (Lipinski definition) is 0. The van der Waals surface area contributed by atoms with Gasteiger partial charge in [0.1, 0.15) is 12.4 Å². The molecule has 0 radical (unpaired) electrons. The van der Waals surface area contributed by atoms with E-state index in [1.807, 2.05) is 12.1 Å². The summed E-state index contributed by atoms with van der Waals surface area (Å²) >= 11 is 0. The van der Waals surface area contributed by atoms with E-state index in [4.69, 9.17) is 9.72 Å². The predicted octanol–water partition coefficient (Wildman–Crippen LogP) is 6.19. The Balaban J connectivity index is 1.37. The van der Waals surface area contributed by atoms with Crippen molar-refractivity contribution in [1.29, 1.82) is 0 Å². The van der Waals surface area contributed by atoms with Gasteiger partial charge in [-0.3, -0.25) is 4.57 Å². The standard InChI is InChI=1S/C30H22N3O/c1-2-8-24(9-3-1)33-27-11-5-4-10-25(27)31-30(33)23-15-13-21(14-16-23)26-18-17-22-7-6-12-28-29(22)32(26)19-20-34-28/h1-18H,19-20H2/q+1. The second-order valence-electron chi connectivity index (χ2n) is 8.59. The second-order valence-corrected chi connectivity index (χ2v) is 8.59. The molecule has 0 N–H and O–H groups in total. The van der Waals surface area contributed by atoms with Gasteiger partial charge < -0.3 is 4.74 Å². The smallest absolute Gasteiger partial charge is 0.255 e. The van der Waals surface area contributed by atoms with Crippen molar-refractivity contribution in [3.8, 4) is 34.1 Å². The van der Waals surface area contributed by atoms with Crippen LogP contribution in [-0.2, 0) is 6.54 Å². The van der Waals surface area contributed by atoms with Gasteiger partial charge in [0.25, 0.3) is 5.52 Å². The van der Waals surface area contributed by atoms with Crippen LogP contribution in [-0.4, -0.2) is 16.2 Å². The highest BCUT2D eigenvalue weighted by molar-refractivity contribution is 5.85. The van der Waals surface area contributed by atoms with E-state index in [0.717, 1.165) is 40.4 Å². The van der Waals surface area contributed by atoms with Crippen LogP contribution in [0.3, 0.4) is 0 Å². The number of para-hydroxylation sites is 4. The Morgan fingerprint density at radius 1 is 0.706 bits per heavy atom. The Morgan fingerprint density at radius 3 is 2.38 bits per heavy atom. The molecule has 4 heteroatoms. The lowest BCUT2D eigenvalue weighted by molar-refractivity contribution is -0.665. The van der Waals surface area contributed by atoms with Crippen molar-refractivity contribution < 1.29 is 9.30 Å². The molecule has 6 aromatic rings. The fourth-order valence-corrected chi connectivity index (χ4v) is 5.04. The van der Waals surface area contributed by atoms with Crippen LogP contribution in [0.2, 0.25) is 0 Å². The molecule has 0 saturated heterocycles. The number of benzene rings is 4. The highest BCUT2D eigenvalue weighted by atomic mass is 16.5. The summed E-state index contributed by atoms with van der Waals surface area (Å²) in [6.07, 6.45) is 0. The molecule has 3 heterocycles. The zero-order valence-electron chi connectivity index (χ0n) is 18.6. The molecule has 4 nitrogen and oxygen atoms in total. The van der Waals surface area contributed by atoms with Gasteiger partial charge in [-0.2, -0.15) is 4.57 Å². The molecule has 34 heavy (non-hydrogen) atoms. The van der Waals surface area contributed by atoms with Crippen molar-refractivity contribution >= 4 is 21.9 Å². The van der Waals surface area contributed by atoms with Crippen LogP contribution in [0.4, 0.5) is 0 Å². The third-order valence-corrected chi connectivity index (χ3v) is 6.60. The Kier molecular flexibility index (Phi) is 4.24. The van der Waals surface area contributed by atoms with Crippen LogP contribution >= 0.6 is 0 Å². The zero-order valence-corrected chi connectivity index (χ0v) is 18.6. The SMILES string of the molecule is c1ccc(-n2c(-c3ccc(-c4ccc5cccc6c5[n+]4CCO6)cc3)nc3ccccc32)cc1. The van der Waals surface area contributed by atoms with Crippen LogP contribution in [0.25, 0.3) is 50.3 Å². The van der Waals surface area contributed by atoms with E-state index in [-0.39, 0.29) is 0 Å². The topological polar surface area (TPSA) is 30.9 Å². The van der Waals surface area contributed by atoms with Crippen LogP contribution < -0.4 is 9.30 Å². The minimum absolute atomic E-state index is 0.687. The van der Waals surface area contributed by atoms with Crippen molar-refractivity contribution in [3.05, 3.63) is 109 Å². The summed E-state index contributed by atoms with van der Waals surface area (Å²) in [6, 6.07) is 38.1. The molecule has 1 aliphatic heterocycles. The average Bonchev–Trinajstić information content (AvgIpc) is 3.30. The third kappa shape index (κ3) is 2.92. The van der Waals surface area contributed by atoms with E-state index in [9.17, 15) is 0 Å². The zero-order chi connectivity index (χ0) is 22.5. The fourth-order valence-electron chi connectivity index (χ4n) is 5.04. The monoisotopic (exact) mass is 440 g/mol. The first-order valence-electron chi connectivity index (χ1n) is 11.6.